The number of carbonyl (C=O) groups excluding carboxylic acids is 2. The Labute approximate surface area is 194 Å². The highest BCUT2D eigenvalue weighted by atomic mass is 16.6. The maximum absolute atomic E-state index is 10.7. The summed E-state index contributed by atoms with van der Waals surface area (Å²) >= 11 is 0. The van der Waals surface area contributed by atoms with Gasteiger partial charge in [0.1, 0.15) is 6.10 Å². The number of unbranched alkanes of at least 4 members (excludes halogenated alkanes) is 14. The van der Waals surface area contributed by atoms with Gasteiger partial charge >= 0.3 is 11.9 Å². The predicted molar refractivity (Wildman–Crippen MR) is 127 cm³/mol. The Morgan fingerprint density at radius 1 is 0.719 bits per heavy atom. The van der Waals surface area contributed by atoms with Gasteiger partial charge in [0.05, 0.1) is 6.61 Å². The maximum Gasteiger partial charge on any atom is 0.303 e. The van der Waals surface area contributed by atoms with Gasteiger partial charge in [0.25, 0.3) is 0 Å². The number of rotatable bonds is 20. The van der Waals surface area contributed by atoms with E-state index in [0.717, 1.165) is 19.8 Å². The van der Waals surface area contributed by atoms with Crippen LogP contribution >= 0.6 is 0 Å². The van der Waals surface area contributed by atoms with Crippen molar-refractivity contribution in [2.24, 2.45) is 0 Å². The monoisotopic (exact) mass is 460 g/mol. The topological polar surface area (TPSA) is 121 Å². The molecule has 190 valence electrons. The molecular weight excluding hydrogens is 412 g/mol. The van der Waals surface area contributed by atoms with E-state index in [1.54, 1.807) is 0 Å². The van der Waals surface area contributed by atoms with Crippen LogP contribution in [0.4, 0.5) is 0 Å². The third kappa shape index (κ3) is 24.8. The van der Waals surface area contributed by atoms with Gasteiger partial charge in [-0.3, -0.25) is 14.4 Å². The zero-order valence-electron chi connectivity index (χ0n) is 20.7. The summed E-state index contributed by atoms with van der Waals surface area (Å²) in [7, 11) is 0. The Kier molecular flexibility index (Phi) is 24.7. The number of ketones is 1. The molecule has 0 aromatic heterocycles. The molecule has 0 saturated carbocycles. The number of aliphatic carboxylic acids is 1. The van der Waals surface area contributed by atoms with Crippen LogP contribution in [0.25, 0.3) is 0 Å². The Hall–Kier alpha value is -1.47. The molecule has 2 atom stereocenters. The number of Topliss-reactive ketones (excluding diaryl/α,β-unsaturated/α-hetero) is 1. The number of esters is 1. The van der Waals surface area contributed by atoms with Crippen LogP contribution in [0.3, 0.4) is 0 Å². The van der Waals surface area contributed by atoms with Crippen molar-refractivity contribution in [2.45, 2.75) is 136 Å². The highest BCUT2D eigenvalue weighted by Crippen LogP contribution is 2.13. The van der Waals surface area contributed by atoms with Gasteiger partial charge in [0.2, 0.25) is 0 Å². The summed E-state index contributed by atoms with van der Waals surface area (Å²) in [6.45, 7) is 3.95. The Bertz CT molecular complexity index is 465. The fourth-order valence-corrected chi connectivity index (χ4v) is 3.35. The molecule has 0 aromatic rings. The average molecular weight is 461 g/mol. The minimum Gasteiger partial charge on any atom is -0.481 e. The van der Waals surface area contributed by atoms with Crippen LogP contribution in [0.15, 0.2) is 0 Å². The van der Waals surface area contributed by atoms with E-state index in [1.165, 1.54) is 90.4 Å². The van der Waals surface area contributed by atoms with Crippen LogP contribution in [-0.2, 0) is 19.1 Å². The van der Waals surface area contributed by atoms with Gasteiger partial charge in [-0.15, -0.1) is 0 Å². The molecule has 0 bridgehead atoms. The second-order valence-electron chi connectivity index (χ2n) is 8.48. The molecule has 0 aliphatic carbocycles. The lowest BCUT2D eigenvalue weighted by Gasteiger charge is -2.17. The molecule has 7 heteroatoms. The maximum atomic E-state index is 10.7. The number of carboxylic acids is 1. The van der Waals surface area contributed by atoms with Gasteiger partial charge in [-0.25, -0.2) is 0 Å². The Morgan fingerprint density at radius 3 is 1.38 bits per heavy atom. The van der Waals surface area contributed by atoms with Crippen molar-refractivity contribution in [2.75, 3.05) is 6.61 Å². The van der Waals surface area contributed by atoms with Crippen molar-refractivity contribution >= 4 is 17.7 Å². The molecule has 0 fully saturated rings. The highest BCUT2D eigenvalue weighted by Gasteiger charge is 2.25. The smallest absolute Gasteiger partial charge is 0.303 e. The standard InChI is InChI=1S/C18H36O2.C7H12O5/c1-2-3-4-5-6-7-8-9-10-11-12-13-14-15-16-17-18(19)20;1-4(9)7(6(11)3-8)12-5(2)10/h2-17H2,1H3,(H,19,20);6-8,11H,3H2,1-2H3. The summed E-state index contributed by atoms with van der Waals surface area (Å²) in [6.07, 6.45) is 17.6. The first-order valence-electron chi connectivity index (χ1n) is 12.4. The molecule has 0 rings (SSSR count). The summed E-state index contributed by atoms with van der Waals surface area (Å²) < 4.78 is 4.47. The second kappa shape index (κ2) is 24.2. The van der Waals surface area contributed by atoms with Crippen molar-refractivity contribution in [3.05, 3.63) is 0 Å². The molecule has 3 N–H and O–H groups in total. The van der Waals surface area contributed by atoms with E-state index in [9.17, 15) is 14.4 Å². The van der Waals surface area contributed by atoms with E-state index in [0.29, 0.717) is 6.42 Å². The molecule has 0 aliphatic rings. The molecule has 0 amide bonds. The molecule has 0 saturated heterocycles. The molecule has 0 aromatic carbocycles. The van der Waals surface area contributed by atoms with Gasteiger partial charge in [0, 0.05) is 13.3 Å². The summed E-state index contributed by atoms with van der Waals surface area (Å²) in [5, 5.41) is 26.0. The van der Waals surface area contributed by atoms with E-state index in [4.69, 9.17) is 15.3 Å². The molecule has 2 unspecified atom stereocenters. The van der Waals surface area contributed by atoms with E-state index in [-0.39, 0.29) is 0 Å². The van der Waals surface area contributed by atoms with Gasteiger partial charge in [-0.05, 0) is 13.3 Å². The number of carboxylic acid groups (broad SMARTS) is 1. The first-order valence-corrected chi connectivity index (χ1v) is 12.4. The van der Waals surface area contributed by atoms with Crippen LogP contribution < -0.4 is 0 Å². The lowest BCUT2D eigenvalue weighted by atomic mass is 10.0. The number of hydrogen-bond donors (Lipinski definition) is 3. The van der Waals surface area contributed by atoms with Crippen LogP contribution in [0.5, 0.6) is 0 Å². The fourth-order valence-electron chi connectivity index (χ4n) is 3.35. The predicted octanol–water partition coefficient (Wildman–Crippen LogP) is 5.19. The summed E-state index contributed by atoms with van der Waals surface area (Å²) in [5.41, 5.74) is 0. The van der Waals surface area contributed by atoms with Crippen LogP contribution in [0.1, 0.15) is 124 Å². The molecule has 32 heavy (non-hydrogen) atoms. The lowest BCUT2D eigenvalue weighted by Crippen LogP contribution is -2.38. The zero-order valence-corrected chi connectivity index (χ0v) is 20.7. The largest absolute Gasteiger partial charge is 0.481 e. The van der Waals surface area contributed by atoms with E-state index < -0.39 is 36.5 Å². The second-order valence-corrected chi connectivity index (χ2v) is 8.48. The molecule has 7 nitrogen and oxygen atoms in total. The first-order chi connectivity index (χ1) is 15.3. The van der Waals surface area contributed by atoms with Crippen LogP contribution in [0, 0.1) is 0 Å². The molecule has 0 aliphatic heterocycles. The van der Waals surface area contributed by atoms with Crippen molar-refractivity contribution in [3.63, 3.8) is 0 Å². The Morgan fingerprint density at radius 2 is 1.09 bits per heavy atom. The number of aliphatic hydroxyl groups excluding tert-OH is 2. The normalized spacial score (nSPS) is 12.4. The number of carbonyl (C=O) groups is 3. The van der Waals surface area contributed by atoms with E-state index in [1.807, 2.05) is 0 Å². The third-order valence-corrected chi connectivity index (χ3v) is 5.22. The summed E-state index contributed by atoms with van der Waals surface area (Å²) in [4.78, 5) is 31.5. The SMILES string of the molecule is CC(=O)OC(C(C)=O)C(O)CO.CCCCCCCCCCCCCCCCCC(=O)O. The van der Waals surface area contributed by atoms with Gasteiger partial charge in [-0.1, -0.05) is 96.8 Å². The van der Waals surface area contributed by atoms with E-state index in [2.05, 4.69) is 11.7 Å². The van der Waals surface area contributed by atoms with Gasteiger partial charge in [0.15, 0.2) is 11.9 Å². The van der Waals surface area contributed by atoms with Gasteiger partial charge in [-0.2, -0.15) is 0 Å². The quantitative estimate of drug-likeness (QED) is 0.169. The molecular formula is C25H48O7. The molecule has 0 spiro atoms. The molecule has 0 heterocycles. The molecule has 0 radical (unpaired) electrons. The van der Waals surface area contributed by atoms with Crippen molar-refractivity contribution in [1.29, 1.82) is 0 Å². The number of ether oxygens (including phenoxy) is 1. The lowest BCUT2D eigenvalue weighted by molar-refractivity contribution is -0.160. The van der Waals surface area contributed by atoms with Crippen molar-refractivity contribution in [3.8, 4) is 0 Å². The van der Waals surface area contributed by atoms with Crippen LogP contribution in [0.2, 0.25) is 0 Å². The number of hydrogen-bond acceptors (Lipinski definition) is 6. The zero-order chi connectivity index (χ0) is 24.6. The minimum absolute atomic E-state index is 0.345. The minimum atomic E-state index is -1.34. The highest BCUT2D eigenvalue weighted by molar-refractivity contribution is 5.83. The first kappa shape index (κ1) is 32.7. The third-order valence-electron chi connectivity index (χ3n) is 5.22. The van der Waals surface area contributed by atoms with Crippen LogP contribution in [-0.4, -0.2) is 51.9 Å². The van der Waals surface area contributed by atoms with Crippen molar-refractivity contribution in [1.82, 2.24) is 0 Å². The van der Waals surface area contributed by atoms with Gasteiger partial charge < -0.3 is 20.1 Å². The fraction of sp³-hybridized carbons (Fsp3) is 0.880. The Balaban J connectivity index is 0. The van der Waals surface area contributed by atoms with E-state index >= 15 is 0 Å². The summed E-state index contributed by atoms with van der Waals surface area (Å²) in [5.74, 6) is -1.81. The number of aliphatic hydroxyl groups is 2. The summed E-state index contributed by atoms with van der Waals surface area (Å²) in [6, 6.07) is 0. The van der Waals surface area contributed by atoms with Crippen molar-refractivity contribution < 1.29 is 34.4 Å². The average Bonchev–Trinajstić information content (AvgIpc) is 2.74.